The third kappa shape index (κ3) is 4.00. The Kier molecular flexibility index (Phi) is 5.02. The Morgan fingerprint density at radius 3 is 3.00 bits per heavy atom. The molecule has 3 heteroatoms. The number of hydrogen-bond donors (Lipinski definition) is 1. The van der Waals surface area contributed by atoms with E-state index in [1.807, 2.05) is 12.1 Å². The zero-order valence-corrected chi connectivity index (χ0v) is 11.3. The SMILES string of the molecule is CC(C)NCCCOCC1Cc2ccccc2O1. The minimum atomic E-state index is 0.195. The van der Waals surface area contributed by atoms with E-state index in [4.69, 9.17) is 9.47 Å². The minimum Gasteiger partial charge on any atom is -0.487 e. The molecule has 0 bridgehead atoms. The van der Waals surface area contributed by atoms with Crippen LogP contribution >= 0.6 is 0 Å². The topological polar surface area (TPSA) is 30.5 Å². The Labute approximate surface area is 109 Å². The first-order chi connectivity index (χ1) is 8.75. The van der Waals surface area contributed by atoms with Gasteiger partial charge in [-0.15, -0.1) is 0 Å². The summed E-state index contributed by atoms with van der Waals surface area (Å²) in [6.45, 7) is 6.82. The molecule has 3 nitrogen and oxygen atoms in total. The highest BCUT2D eigenvalue weighted by atomic mass is 16.5. The highest BCUT2D eigenvalue weighted by Gasteiger charge is 2.21. The molecule has 100 valence electrons. The van der Waals surface area contributed by atoms with Crippen LogP contribution in [0.1, 0.15) is 25.8 Å². The van der Waals surface area contributed by atoms with Gasteiger partial charge in [0.1, 0.15) is 11.9 Å². The maximum absolute atomic E-state index is 5.81. The average molecular weight is 249 g/mol. The number of fused-ring (bicyclic) bond motifs is 1. The number of ether oxygens (including phenoxy) is 2. The zero-order chi connectivity index (χ0) is 12.8. The molecule has 1 heterocycles. The summed E-state index contributed by atoms with van der Waals surface area (Å²) in [5, 5.41) is 3.38. The van der Waals surface area contributed by atoms with Gasteiger partial charge in [0.15, 0.2) is 0 Å². The smallest absolute Gasteiger partial charge is 0.126 e. The third-order valence-corrected chi connectivity index (χ3v) is 3.04. The normalized spacial score (nSPS) is 17.8. The molecule has 0 radical (unpaired) electrons. The van der Waals surface area contributed by atoms with Crippen molar-refractivity contribution in [2.24, 2.45) is 0 Å². The molecule has 1 aromatic rings. The lowest BCUT2D eigenvalue weighted by Gasteiger charge is -2.12. The molecule has 1 unspecified atom stereocenters. The quantitative estimate of drug-likeness (QED) is 0.753. The van der Waals surface area contributed by atoms with E-state index in [9.17, 15) is 0 Å². The summed E-state index contributed by atoms with van der Waals surface area (Å²) < 4.78 is 11.5. The maximum Gasteiger partial charge on any atom is 0.126 e. The van der Waals surface area contributed by atoms with Gasteiger partial charge in [-0.3, -0.25) is 0 Å². The summed E-state index contributed by atoms with van der Waals surface area (Å²) >= 11 is 0. The summed E-state index contributed by atoms with van der Waals surface area (Å²) in [4.78, 5) is 0. The van der Waals surface area contributed by atoms with Gasteiger partial charge in [0.25, 0.3) is 0 Å². The second-order valence-corrected chi connectivity index (χ2v) is 5.09. The van der Waals surface area contributed by atoms with Gasteiger partial charge in [0, 0.05) is 19.1 Å². The fourth-order valence-corrected chi connectivity index (χ4v) is 2.13. The summed E-state index contributed by atoms with van der Waals surface area (Å²) in [6.07, 6.45) is 2.22. The number of rotatable bonds is 7. The Morgan fingerprint density at radius 1 is 1.39 bits per heavy atom. The molecule has 1 aliphatic heterocycles. The molecule has 0 saturated heterocycles. The van der Waals surface area contributed by atoms with Gasteiger partial charge >= 0.3 is 0 Å². The number of nitrogens with one attached hydrogen (secondary N) is 1. The van der Waals surface area contributed by atoms with Crippen LogP contribution in [-0.2, 0) is 11.2 Å². The first-order valence-corrected chi connectivity index (χ1v) is 6.81. The van der Waals surface area contributed by atoms with E-state index in [1.54, 1.807) is 0 Å². The van der Waals surface area contributed by atoms with Gasteiger partial charge in [0.2, 0.25) is 0 Å². The number of para-hydroxylation sites is 1. The molecule has 1 atom stereocenters. The Morgan fingerprint density at radius 2 is 2.22 bits per heavy atom. The van der Waals surface area contributed by atoms with Crippen LogP contribution in [0.5, 0.6) is 5.75 Å². The van der Waals surface area contributed by atoms with Gasteiger partial charge in [0.05, 0.1) is 6.61 Å². The number of hydrogen-bond acceptors (Lipinski definition) is 3. The van der Waals surface area contributed by atoms with Crippen molar-refractivity contribution in [1.29, 1.82) is 0 Å². The Hall–Kier alpha value is -1.06. The predicted molar refractivity (Wildman–Crippen MR) is 73.1 cm³/mol. The number of benzene rings is 1. The van der Waals surface area contributed by atoms with Crippen molar-refractivity contribution in [1.82, 2.24) is 5.32 Å². The van der Waals surface area contributed by atoms with Gasteiger partial charge < -0.3 is 14.8 Å². The molecule has 2 rings (SSSR count). The Bertz CT molecular complexity index is 340. The lowest BCUT2D eigenvalue weighted by Crippen LogP contribution is -2.25. The van der Waals surface area contributed by atoms with E-state index in [0.29, 0.717) is 12.6 Å². The van der Waals surface area contributed by atoms with Crippen molar-refractivity contribution in [2.45, 2.75) is 38.8 Å². The first kappa shape index (κ1) is 13.4. The largest absolute Gasteiger partial charge is 0.487 e. The average Bonchev–Trinajstić information content (AvgIpc) is 2.75. The molecule has 0 saturated carbocycles. The van der Waals surface area contributed by atoms with Crippen LogP contribution < -0.4 is 10.1 Å². The van der Waals surface area contributed by atoms with Gasteiger partial charge in [-0.2, -0.15) is 0 Å². The monoisotopic (exact) mass is 249 g/mol. The van der Waals surface area contributed by atoms with Crippen LogP contribution in [0.3, 0.4) is 0 Å². The van der Waals surface area contributed by atoms with Crippen LogP contribution in [0.2, 0.25) is 0 Å². The molecule has 0 fully saturated rings. The molecule has 18 heavy (non-hydrogen) atoms. The summed E-state index contributed by atoms with van der Waals surface area (Å²) in [7, 11) is 0. The third-order valence-electron chi connectivity index (χ3n) is 3.04. The molecule has 0 spiro atoms. The van der Waals surface area contributed by atoms with E-state index in [0.717, 1.165) is 31.7 Å². The van der Waals surface area contributed by atoms with E-state index in [1.165, 1.54) is 5.56 Å². The summed E-state index contributed by atoms with van der Waals surface area (Å²) in [6, 6.07) is 8.78. The fraction of sp³-hybridized carbons (Fsp3) is 0.600. The summed E-state index contributed by atoms with van der Waals surface area (Å²) in [5.41, 5.74) is 1.30. The minimum absolute atomic E-state index is 0.195. The van der Waals surface area contributed by atoms with E-state index in [2.05, 4.69) is 31.3 Å². The maximum atomic E-state index is 5.81. The molecule has 0 aromatic heterocycles. The fourth-order valence-electron chi connectivity index (χ4n) is 2.13. The highest BCUT2D eigenvalue weighted by molar-refractivity contribution is 5.37. The van der Waals surface area contributed by atoms with Gasteiger partial charge in [-0.25, -0.2) is 0 Å². The van der Waals surface area contributed by atoms with Crippen molar-refractivity contribution < 1.29 is 9.47 Å². The van der Waals surface area contributed by atoms with Crippen LogP contribution in [0.15, 0.2) is 24.3 Å². The standard InChI is InChI=1S/C15H23NO2/c1-12(2)16-8-5-9-17-11-14-10-13-6-3-4-7-15(13)18-14/h3-4,6-7,12,14,16H,5,8-11H2,1-2H3. The second kappa shape index (κ2) is 6.76. The summed E-state index contributed by atoms with van der Waals surface area (Å²) in [5.74, 6) is 1.02. The van der Waals surface area contributed by atoms with E-state index < -0.39 is 0 Å². The molecule has 1 aromatic carbocycles. The second-order valence-electron chi connectivity index (χ2n) is 5.09. The lowest BCUT2D eigenvalue weighted by atomic mass is 10.1. The van der Waals surface area contributed by atoms with E-state index >= 15 is 0 Å². The molecular weight excluding hydrogens is 226 g/mol. The van der Waals surface area contributed by atoms with Crippen LogP contribution in [0.25, 0.3) is 0 Å². The van der Waals surface area contributed by atoms with Crippen LogP contribution in [0.4, 0.5) is 0 Å². The predicted octanol–water partition coefficient (Wildman–Crippen LogP) is 2.39. The van der Waals surface area contributed by atoms with Crippen LogP contribution in [0, 0.1) is 0 Å². The molecule has 1 N–H and O–H groups in total. The molecule has 0 aliphatic carbocycles. The molecule has 1 aliphatic rings. The highest BCUT2D eigenvalue weighted by Crippen LogP contribution is 2.28. The van der Waals surface area contributed by atoms with Gasteiger partial charge in [-0.05, 0) is 24.6 Å². The van der Waals surface area contributed by atoms with Crippen molar-refractivity contribution in [3.8, 4) is 5.75 Å². The first-order valence-electron chi connectivity index (χ1n) is 6.81. The zero-order valence-electron chi connectivity index (χ0n) is 11.3. The van der Waals surface area contributed by atoms with Crippen molar-refractivity contribution in [3.05, 3.63) is 29.8 Å². The Balaban J connectivity index is 1.57. The molecule has 0 amide bonds. The van der Waals surface area contributed by atoms with E-state index in [-0.39, 0.29) is 6.10 Å². The van der Waals surface area contributed by atoms with Crippen LogP contribution in [-0.4, -0.2) is 31.9 Å². The van der Waals surface area contributed by atoms with Crippen molar-refractivity contribution >= 4 is 0 Å². The van der Waals surface area contributed by atoms with Crippen molar-refractivity contribution in [2.75, 3.05) is 19.8 Å². The lowest BCUT2D eigenvalue weighted by molar-refractivity contribution is 0.0592. The molecular formula is C15H23NO2. The van der Waals surface area contributed by atoms with Crippen molar-refractivity contribution in [3.63, 3.8) is 0 Å². The van der Waals surface area contributed by atoms with Gasteiger partial charge in [-0.1, -0.05) is 32.0 Å².